The summed E-state index contributed by atoms with van der Waals surface area (Å²) >= 11 is 1.41. The number of nitro groups is 1. The molecule has 1 aromatic heterocycles. The van der Waals surface area contributed by atoms with Crippen molar-refractivity contribution in [2.75, 3.05) is 5.32 Å². The van der Waals surface area contributed by atoms with E-state index in [-0.39, 0.29) is 12.2 Å². The number of carbonyl (C=O) groups is 1. The third-order valence-corrected chi connectivity index (χ3v) is 3.52. The van der Waals surface area contributed by atoms with Gasteiger partial charge in [0.1, 0.15) is 10.6 Å². The minimum Gasteiger partial charge on any atom is -0.477 e. The summed E-state index contributed by atoms with van der Waals surface area (Å²) < 4.78 is 13.8. The van der Waals surface area contributed by atoms with Gasteiger partial charge in [-0.25, -0.2) is 14.2 Å². The van der Waals surface area contributed by atoms with Gasteiger partial charge in [-0.15, -0.1) is 11.3 Å². The van der Waals surface area contributed by atoms with Gasteiger partial charge < -0.3 is 10.4 Å². The highest BCUT2D eigenvalue weighted by atomic mass is 32.1. The van der Waals surface area contributed by atoms with Crippen LogP contribution in [0.4, 0.5) is 15.8 Å². The quantitative estimate of drug-likeness (QED) is 0.649. The molecular weight excluding hydrogens is 301 g/mol. The van der Waals surface area contributed by atoms with Crippen molar-refractivity contribution in [2.24, 2.45) is 0 Å². The summed E-state index contributed by atoms with van der Waals surface area (Å²) in [6.45, 7) is 2.07. The average molecular weight is 311 g/mol. The fourth-order valence-corrected chi connectivity index (χ4v) is 2.40. The fourth-order valence-electron chi connectivity index (χ4n) is 1.67. The number of halogens is 1. The number of hydrogen-bond donors (Lipinski definition) is 2. The predicted molar refractivity (Wildman–Crippen MR) is 74.2 cm³/mol. The standard InChI is InChI=1S/C12H10FN3O4S/c1-6-4-15-11(21-6)5-14-9-2-7(12(17)18)10(16(19)20)3-8(9)13/h2-4,14H,5H2,1H3,(H,17,18). The molecule has 110 valence electrons. The van der Waals surface area contributed by atoms with Crippen molar-refractivity contribution in [3.8, 4) is 0 Å². The summed E-state index contributed by atoms with van der Waals surface area (Å²) in [5.41, 5.74) is -1.47. The topological polar surface area (TPSA) is 105 Å². The number of aryl methyl sites for hydroxylation is 1. The van der Waals surface area contributed by atoms with Gasteiger partial charge >= 0.3 is 5.97 Å². The molecule has 0 saturated carbocycles. The second kappa shape index (κ2) is 5.83. The molecule has 9 heteroatoms. The van der Waals surface area contributed by atoms with Gasteiger partial charge in [-0.3, -0.25) is 10.1 Å². The highest BCUT2D eigenvalue weighted by molar-refractivity contribution is 7.11. The Morgan fingerprint density at radius 3 is 2.81 bits per heavy atom. The summed E-state index contributed by atoms with van der Waals surface area (Å²) in [6.07, 6.45) is 1.66. The van der Waals surface area contributed by atoms with Crippen LogP contribution in [-0.4, -0.2) is 21.0 Å². The lowest BCUT2D eigenvalue weighted by atomic mass is 10.1. The molecule has 0 fully saturated rings. The van der Waals surface area contributed by atoms with Gasteiger partial charge in [0.15, 0.2) is 5.82 Å². The van der Waals surface area contributed by atoms with Gasteiger partial charge in [0.05, 0.1) is 23.2 Å². The van der Waals surface area contributed by atoms with Crippen molar-refractivity contribution >= 4 is 28.7 Å². The predicted octanol–water partition coefficient (Wildman–Crippen LogP) is 2.81. The number of benzene rings is 1. The monoisotopic (exact) mass is 311 g/mol. The summed E-state index contributed by atoms with van der Waals surface area (Å²) in [6, 6.07) is 1.51. The Balaban J connectivity index is 2.29. The van der Waals surface area contributed by atoms with Crippen molar-refractivity contribution in [1.29, 1.82) is 0 Å². The SMILES string of the molecule is Cc1cnc(CNc2cc(C(=O)O)c([N+](=O)[O-])cc2F)s1. The van der Waals surface area contributed by atoms with Gasteiger partial charge in [-0.2, -0.15) is 0 Å². The lowest BCUT2D eigenvalue weighted by molar-refractivity contribution is -0.385. The molecule has 7 nitrogen and oxygen atoms in total. The van der Waals surface area contributed by atoms with Gasteiger partial charge in [-0.05, 0) is 13.0 Å². The van der Waals surface area contributed by atoms with E-state index in [9.17, 15) is 19.3 Å². The molecule has 2 rings (SSSR count). The minimum absolute atomic E-state index is 0.120. The van der Waals surface area contributed by atoms with Crippen LogP contribution in [0.25, 0.3) is 0 Å². The first-order chi connectivity index (χ1) is 9.88. The first kappa shape index (κ1) is 14.9. The van der Waals surface area contributed by atoms with E-state index in [1.54, 1.807) is 6.20 Å². The Bertz CT molecular complexity index is 717. The number of anilines is 1. The third-order valence-electron chi connectivity index (χ3n) is 2.61. The second-order valence-electron chi connectivity index (χ2n) is 4.13. The summed E-state index contributed by atoms with van der Waals surface area (Å²) in [5, 5.41) is 23.1. The number of hydrogen-bond acceptors (Lipinski definition) is 6. The number of nitrogens with zero attached hydrogens (tertiary/aromatic N) is 2. The largest absolute Gasteiger partial charge is 0.477 e. The zero-order chi connectivity index (χ0) is 15.6. The van der Waals surface area contributed by atoms with E-state index in [2.05, 4.69) is 10.3 Å². The highest BCUT2D eigenvalue weighted by Crippen LogP contribution is 2.26. The number of nitro benzene ring substituents is 1. The molecule has 0 aliphatic heterocycles. The van der Waals surface area contributed by atoms with Crippen LogP contribution in [0.15, 0.2) is 18.3 Å². The van der Waals surface area contributed by atoms with Crippen molar-refractivity contribution in [3.05, 3.63) is 49.7 Å². The Kier molecular flexibility index (Phi) is 4.13. The molecule has 0 amide bonds. The molecule has 21 heavy (non-hydrogen) atoms. The van der Waals surface area contributed by atoms with Crippen LogP contribution in [0, 0.1) is 22.9 Å². The summed E-state index contributed by atoms with van der Waals surface area (Å²) in [7, 11) is 0. The van der Waals surface area contributed by atoms with Crippen molar-refractivity contribution in [1.82, 2.24) is 4.98 Å². The molecule has 0 spiro atoms. The van der Waals surface area contributed by atoms with E-state index in [0.29, 0.717) is 11.1 Å². The molecule has 0 atom stereocenters. The van der Waals surface area contributed by atoms with E-state index in [4.69, 9.17) is 5.11 Å². The number of aromatic nitrogens is 1. The number of nitrogens with one attached hydrogen (secondary N) is 1. The summed E-state index contributed by atoms with van der Waals surface area (Å²) in [5.74, 6) is -2.38. The Hall–Kier alpha value is -2.55. The van der Waals surface area contributed by atoms with Crippen LogP contribution in [0.5, 0.6) is 0 Å². The number of aromatic carboxylic acids is 1. The van der Waals surface area contributed by atoms with Crippen molar-refractivity contribution in [2.45, 2.75) is 13.5 Å². The number of rotatable bonds is 5. The van der Waals surface area contributed by atoms with E-state index in [1.807, 2.05) is 6.92 Å². The molecule has 2 aromatic rings. The number of carboxylic acid groups (broad SMARTS) is 1. The van der Waals surface area contributed by atoms with Gasteiger partial charge in [0.25, 0.3) is 5.69 Å². The Labute approximate surface area is 122 Å². The van der Waals surface area contributed by atoms with Gasteiger partial charge in [-0.1, -0.05) is 0 Å². The van der Waals surface area contributed by atoms with Gasteiger partial charge in [0.2, 0.25) is 0 Å². The molecule has 2 N–H and O–H groups in total. The Morgan fingerprint density at radius 1 is 1.57 bits per heavy atom. The average Bonchev–Trinajstić information content (AvgIpc) is 2.82. The summed E-state index contributed by atoms with van der Waals surface area (Å²) in [4.78, 5) is 25.9. The normalized spacial score (nSPS) is 10.4. The van der Waals surface area contributed by atoms with Crippen LogP contribution in [0.3, 0.4) is 0 Å². The maximum absolute atomic E-state index is 13.8. The van der Waals surface area contributed by atoms with E-state index in [0.717, 1.165) is 10.9 Å². The van der Waals surface area contributed by atoms with Crippen LogP contribution in [0.1, 0.15) is 20.2 Å². The molecule has 0 unspecified atom stereocenters. The molecule has 1 heterocycles. The highest BCUT2D eigenvalue weighted by Gasteiger charge is 2.23. The smallest absolute Gasteiger partial charge is 0.342 e. The van der Waals surface area contributed by atoms with Crippen LogP contribution < -0.4 is 5.32 Å². The maximum atomic E-state index is 13.8. The van der Waals surface area contributed by atoms with Crippen molar-refractivity contribution < 1.29 is 19.2 Å². The fraction of sp³-hybridized carbons (Fsp3) is 0.167. The van der Waals surface area contributed by atoms with Crippen LogP contribution in [0.2, 0.25) is 0 Å². The van der Waals surface area contributed by atoms with E-state index < -0.39 is 28.0 Å². The van der Waals surface area contributed by atoms with Gasteiger partial charge in [0, 0.05) is 11.1 Å². The third kappa shape index (κ3) is 3.31. The zero-order valence-electron chi connectivity index (χ0n) is 10.8. The van der Waals surface area contributed by atoms with Crippen molar-refractivity contribution in [3.63, 3.8) is 0 Å². The second-order valence-corrected chi connectivity index (χ2v) is 5.45. The van der Waals surface area contributed by atoms with E-state index >= 15 is 0 Å². The first-order valence-corrected chi connectivity index (χ1v) is 6.56. The number of thiazole rings is 1. The molecule has 0 saturated heterocycles. The Morgan fingerprint density at radius 2 is 2.29 bits per heavy atom. The van der Waals surface area contributed by atoms with E-state index in [1.165, 1.54) is 11.3 Å². The molecule has 0 aliphatic carbocycles. The minimum atomic E-state index is -1.49. The molecular formula is C12H10FN3O4S. The lowest BCUT2D eigenvalue weighted by Gasteiger charge is -2.07. The first-order valence-electron chi connectivity index (χ1n) is 5.75. The molecule has 0 radical (unpaired) electrons. The molecule has 0 bridgehead atoms. The molecule has 0 aliphatic rings. The van der Waals surface area contributed by atoms with Crippen LogP contribution in [-0.2, 0) is 6.54 Å². The maximum Gasteiger partial charge on any atom is 0.342 e. The number of carboxylic acids is 1. The molecule has 1 aromatic carbocycles. The zero-order valence-corrected chi connectivity index (χ0v) is 11.6. The lowest BCUT2D eigenvalue weighted by Crippen LogP contribution is -2.07. The van der Waals surface area contributed by atoms with Crippen LogP contribution >= 0.6 is 11.3 Å².